The molecule has 3 rings (SSSR count). The van der Waals surface area contributed by atoms with Crippen LogP contribution < -0.4 is 5.32 Å². The number of nitrogens with one attached hydrogen (secondary N) is 1. The summed E-state index contributed by atoms with van der Waals surface area (Å²) in [6, 6.07) is 3.43. The van der Waals surface area contributed by atoms with Crippen molar-refractivity contribution in [3.8, 4) is 0 Å². The maximum absolute atomic E-state index is 5.66. The molecule has 21 heavy (non-hydrogen) atoms. The molecule has 4 nitrogen and oxygen atoms in total. The van der Waals surface area contributed by atoms with Crippen molar-refractivity contribution < 1.29 is 4.42 Å². The van der Waals surface area contributed by atoms with E-state index in [1.807, 2.05) is 6.26 Å². The van der Waals surface area contributed by atoms with Crippen molar-refractivity contribution in [2.24, 2.45) is 0 Å². The zero-order chi connectivity index (χ0) is 14.7. The first-order valence-corrected chi connectivity index (χ1v) is 8.47. The summed E-state index contributed by atoms with van der Waals surface area (Å²) in [7, 11) is 0. The number of rotatable bonds is 5. The van der Waals surface area contributed by atoms with Gasteiger partial charge in [-0.3, -0.25) is 9.80 Å². The summed E-state index contributed by atoms with van der Waals surface area (Å²) in [6.45, 7) is 11.2. The summed E-state index contributed by atoms with van der Waals surface area (Å²) in [4.78, 5) is 5.30. The van der Waals surface area contributed by atoms with Gasteiger partial charge in [-0.2, -0.15) is 0 Å². The van der Waals surface area contributed by atoms with Crippen LogP contribution in [0.2, 0.25) is 0 Å². The fourth-order valence-corrected chi connectivity index (χ4v) is 3.56. The van der Waals surface area contributed by atoms with Gasteiger partial charge in [-0.25, -0.2) is 0 Å². The Morgan fingerprint density at radius 2 is 2.19 bits per heavy atom. The number of nitrogens with zero attached hydrogens (tertiary/aromatic N) is 2. The van der Waals surface area contributed by atoms with E-state index in [0.29, 0.717) is 6.04 Å². The summed E-state index contributed by atoms with van der Waals surface area (Å²) in [5, 5.41) is 3.45. The van der Waals surface area contributed by atoms with Gasteiger partial charge >= 0.3 is 0 Å². The van der Waals surface area contributed by atoms with Crippen LogP contribution in [0.3, 0.4) is 0 Å². The Kier molecular flexibility index (Phi) is 4.99. The van der Waals surface area contributed by atoms with E-state index in [1.165, 1.54) is 51.0 Å². The lowest BCUT2D eigenvalue weighted by Gasteiger charge is -2.44. The smallest absolute Gasteiger partial charge is 0.122 e. The van der Waals surface area contributed by atoms with Gasteiger partial charge in [-0.05, 0) is 25.5 Å². The first-order chi connectivity index (χ1) is 10.2. The van der Waals surface area contributed by atoms with Crippen molar-refractivity contribution in [2.45, 2.75) is 58.3 Å². The van der Waals surface area contributed by atoms with Gasteiger partial charge < -0.3 is 9.73 Å². The van der Waals surface area contributed by atoms with Crippen LogP contribution in [0, 0.1) is 0 Å². The molecule has 0 aromatic carbocycles. The first-order valence-electron chi connectivity index (χ1n) is 8.47. The van der Waals surface area contributed by atoms with Crippen molar-refractivity contribution in [3.63, 3.8) is 0 Å². The molecule has 2 aliphatic rings. The van der Waals surface area contributed by atoms with Crippen LogP contribution in [0.5, 0.6) is 0 Å². The fourth-order valence-electron chi connectivity index (χ4n) is 3.56. The topological polar surface area (TPSA) is 31.7 Å². The number of hydrogen-bond donors (Lipinski definition) is 1. The standard InChI is InChI=1S/C17H29N3O/c1-14(2)18-11-17-15(6-10-21-17)12-19-8-9-20-7-4-3-5-16(20)13-19/h6,10,14,16,18H,3-5,7-9,11-13H2,1-2H3. The van der Waals surface area contributed by atoms with Gasteiger partial charge in [0.2, 0.25) is 0 Å². The molecular weight excluding hydrogens is 262 g/mol. The van der Waals surface area contributed by atoms with E-state index >= 15 is 0 Å². The molecule has 2 fully saturated rings. The quantitative estimate of drug-likeness (QED) is 0.903. The summed E-state index contributed by atoms with van der Waals surface area (Å²) in [5.41, 5.74) is 1.35. The lowest BCUT2D eigenvalue weighted by molar-refractivity contribution is 0.0454. The lowest BCUT2D eigenvalue weighted by Crippen LogP contribution is -2.54. The molecule has 1 unspecified atom stereocenters. The van der Waals surface area contributed by atoms with Crippen LogP contribution in [0.15, 0.2) is 16.7 Å². The van der Waals surface area contributed by atoms with Gasteiger partial charge in [-0.1, -0.05) is 20.3 Å². The molecule has 4 heteroatoms. The number of hydrogen-bond acceptors (Lipinski definition) is 4. The zero-order valence-corrected chi connectivity index (χ0v) is 13.5. The highest BCUT2D eigenvalue weighted by Crippen LogP contribution is 2.23. The molecule has 1 aromatic heterocycles. The van der Waals surface area contributed by atoms with Gasteiger partial charge in [0.15, 0.2) is 0 Å². The molecule has 118 valence electrons. The first kappa shape index (κ1) is 15.1. The van der Waals surface area contributed by atoms with Gasteiger partial charge in [0.25, 0.3) is 0 Å². The Labute approximate surface area is 128 Å². The van der Waals surface area contributed by atoms with Crippen LogP contribution in [0.25, 0.3) is 0 Å². The van der Waals surface area contributed by atoms with Gasteiger partial charge in [0.05, 0.1) is 12.8 Å². The van der Waals surface area contributed by atoms with E-state index in [2.05, 4.69) is 35.0 Å². The normalized spacial score (nSPS) is 24.4. The lowest BCUT2D eigenvalue weighted by atomic mass is 9.99. The Morgan fingerprint density at radius 3 is 3.05 bits per heavy atom. The van der Waals surface area contributed by atoms with Gasteiger partial charge in [-0.15, -0.1) is 0 Å². The van der Waals surface area contributed by atoms with Crippen molar-refractivity contribution >= 4 is 0 Å². The predicted molar refractivity (Wildman–Crippen MR) is 85.2 cm³/mol. The highest BCUT2D eigenvalue weighted by atomic mass is 16.3. The van der Waals surface area contributed by atoms with Crippen LogP contribution >= 0.6 is 0 Å². The van der Waals surface area contributed by atoms with E-state index in [1.54, 1.807) is 0 Å². The largest absolute Gasteiger partial charge is 0.468 e. The molecule has 2 saturated heterocycles. The third-order valence-corrected chi connectivity index (χ3v) is 4.82. The molecule has 2 aliphatic heterocycles. The van der Waals surface area contributed by atoms with E-state index < -0.39 is 0 Å². The average Bonchev–Trinajstić information content (AvgIpc) is 2.92. The highest BCUT2D eigenvalue weighted by Gasteiger charge is 2.29. The average molecular weight is 291 g/mol. The fraction of sp³-hybridized carbons (Fsp3) is 0.765. The van der Waals surface area contributed by atoms with Crippen LogP contribution in [0.4, 0.5) is 0 Å². The highest BCUT2D eigenvalue weighted by molar-refractivity contribution is 5.17. The molecule has 1 atom stereocenters. The Bertz CT molecular complexity index is 443. The number of fused-ring (bicyclic) bond motifs is 1. The zero-order valence-electron chi connectivity index (χ0n) is 13.5. The Balaban J connectivity index is 1.55. The van der Waals surface area contributed by atoms with Gasteiger partial charge in [0.1, 0.15) is 5.76 Å². The third-order valence-electron chi connectivity index (χ3n) is 4.82. The van der Waals surface area contributed by atoms with Crippen LogP contribution in [-0.4, -0.2) is 48.1 Å². The van der Waals surface area contributed by atoms with Crippen LogP contribution in [0.1, 0.15) is 44.4 Å². The van der Waals surface area contributed by atoms with E-state index in [0.717, 1.165) is 24.9 Å². The molecule has 1 N–H and O–H groups in total. The second-order valence-electron chi connectivity index (χ2n) is 6.83. The van der Waals surface area contributed by atoms with Crippen molar-refractivity contribution in [2.75, 3.05) is 26.2 Å². The maximum atomic E-state index is 5.66. The van der Waals surface area contributed by atoms with E-state index in [4.69, 9.17) is 4.42 Å². The molecule has 0 aliphatic carbocycles. The molecule has 3 heterocycles. The SMILES string of the molecule is CC(C)NCc1occc1CN1CCN2CCCCC2C1. The number of piperazine rings is 1. The summed E-state index contributed by atoms with van der Waals surface area (Å²) < 4.78 is 5.66. The molecule has 0 amide bonds. The predicted octanol–water partition coefficient (Wildman–Crippen LogP) is 2.45. The van der Waals surface area contributed by atoms with Crippen molar-refractivity contribution in [1.29, 1.82) is 0 Å². The summed E-state index contributed by atoms with van der Waals surface area (Å²) in [6.07, 6.45) is 6.01. The van der Waals surface area contributed by atoms with Crippen molar-refractivity contribution in [3.05, 3.63) is 23.7 Å². The third kappa shape index (κ3) is 3.87. The second-order valence-corrected chi connectivity index (χ2v) is 6.83. The minimum atomic E-state index is 0.494. The molecule has 1 aromatic rings. The molecule has 0 bridgehead atoms. The second kappa shape index (κ2) is 6.95. The summed E-state index contributed by atoms with van der Waals surface area (Å²) in [5.74, 6) is 1.11. The van der Waals surface area contributed by atoms with Crippen LogP contribution in [-0.2, 0) is 13.1 Å². The maximum Gasteiger partial charge on any atom is 0.122 e. The van der Waals surface area contributed by atoms with Crippen molar-refractivity contribution in [1.82, 2.24) is 15.1 Å². The molecule has 0 radical (unpaired) electrons. The molecular formula is C17H29N3O. The van der Waals surface area contributed by atoms with E-state index in [-0.39, 0.29) is 0 Å². The van der Waals surface area contributed by atoms with E-state index in [9.17, 15) is 0 Å². The number of piperidine rings is 1. The minimum absolute atomic E-state index is 0.494. The monoisotopic (exact) mass is 291 g/mol. The number of furan rings is 1. The minimum Gasteiger partial charge on any atom is -0.468 e. The Morgan fingerprint density at radius 1 is 1.29 bits per heavy atom. The Hall–Kier alpha value is -0.840. The summed E-state index contributed by atoms with van der Waals surface area (Å²) >= 11 is 0. The molecule has 0 spiro atoms. The van der Waals surface area contributed by atoms with Gasteiger partial charge in [0, 0.05) is 43.8 Å². The molecule has 0 saturated carbocycles.